The first kappa shape index (κ1) is 9.53. The van der Waals surface area contributed by atoms with Crippen LogP contribution < -0.4 is 0 Å². The lowest BCUT2D eigenvalue weighted by Gasteiger charge is -2.02. The van der Waals surface area contributed by atoms with Gasteiger partial charge in [-0.25, -0.2) is 4.39 Å². The summed E-state index contributed by atoms with van der Waals surface area (Å²) in [5.41, 5.74) is 1.35. The van der Waals surface area contributed by atoms with Crippen LogP contribution in [0.1, 0.15) is 18.1 Å². The Morgan fingerprint density at radius 2 is 2.25 bits per heavy atom. The Bertz CT molecular complexity index is 313. The van der Waals surface area contributed by atoms with Crippen LogP contribution in [0.2, 0.25) is 0 Å². The third-order valence-electron chi connectivity index (χ3n) is 1.65. The average molecular weight is 274 g/mol. The van der Waals surface area contributed by atoms with Crippen molar-refractivity contribution < 1.29 is 4.39 Å². The highest BCUT2D eigenvalue weighted by atomic mass is 127. The Morgan fingerprint density at radius 3 is 2.67 bits per heavy atom. The summed E-state index contributed by atoms with van der Waals surface area (Å²) in [5.74, 6) is 2.04. The van der Waals surface area contributed by atoms with Gasteiger partial charge in [0.25, 0.3) is 0 Å². The molecule has 0 fully saturated rings. The van der Waals surface area contributed by atoms with Crippen molar-refractivity contribution in [1.29, 1.82) is 0 Å². The van der Waals surface area contributed by atoms with Gasteiger partial charge in [0.1, 0.15) is 5.82 Å². The third kappa shape index (κ3) is 1.78. The second-order valence-electron chi connectivity index (χ2n) is 2.43. The summed E-state index contributed by atoms with van der Waals surface area (Å²) in [6.07, 6.45) is 5.98. The van der Waals surface area contributed by atoms with E-state index in [0.29, 0.717) is 5.56 Å². The van der Waals surface area contributed by atoms with Crippen molar-refractivity contribution in [2.45, 2.75) is 13.3 Å². The highest BCUT2D eigenvalue weighted by Gasteiger charge is 2.05. The maximum absolute atomic E-state index is 13.2. The van der Waals surface area contributed by atoms with Gasteiger partial charge >= 0.3 is 0 Å². The predicted octanol–water partition coefficient (Wildman–Crippen LogP) is 2.97. The molecule has 0 nitrogen and oxygen atoms in total. The van der Waals surface area contributed by atoms with E-state index in [4.69, 9.17) is 6.42 Å². The molecule has 1 aromatic carbocycles. The standard InChI is InChI=1S/C10H8FI/c1-3-7-5-9(11)8(4-2)10(12)6-7/h2,5-6H,3H2,1H3. The topological polar surface area (TPSA) is 0 Å². The lowest BCUT2D eigenvalue weighted by molar-refractivity contribution is 0.621. The monoisotopic (exact) mass is 274 g/mol. The molecule has 0 aliphatic carbocycles. The molecule has 0 heterocycles. The van der Waals surface area contributed by atoms with Crippen molar-refractivity contribution in [1.82, 2.24) is 0 Å². The lowest BCUT2D eigenvalue weighted by Crippen LogP contribution is -1.92. The van der Waals surface area contributed by atoms with E-state index in [1.54, 1.807) is 0 Å². The van der Waals surface area contributed by atoms with Crippen LogP contribution in [0.4, 0.5) is 4.39 Å². The van der Waals surface area contributed by atoms with Crippen LogP contribution in [0.3, 0.4) is 0 Å². The van der Waals surface area contributed by atoms with E-state index < -0.39 is 0 Å². The second kappa shape index (κ2) is 3.90. The van der Waals surface area contributed by atoms with Crippen LogP contribution in [-0.4, -0.2) is 0 Å². The summed E-state index contributed by atoms with van der Waals surface area (Å²) in [6.45, 7) is 1.99. The molecular weight excluding hydrogens is 266 g/mol. The number of hydrogen-bond acceptors (Lipinski definition) is 0. The number of halogens is 2. The molecule has 62 valence electrons. The van der Waals surface area contributed by atoms with Crippen LogP contribution in [0.25, 0.3) is 0 Å². The van der Waals surface area contributed by atoms with E-state index in [1.165, 1.54) is 6.07 Å². The van der Waals surface area contributed by atoms with Crippen LogP contribution in [-0.2, 0) is 6.42 Å². The first-order valence-corrected chi connectivity index (χ1v) is 4.71. The minimum atomic E-state index is -0.291. The van der Waals surface area contributed by atoms with E-state index in [0.717, 1.165) is 15.6 Å². The fourth-order valence-electron chi connectivity index (χ4n) is 0.968. The minimum absolute atomic E-state index is 0.291. The molecule has 0 N–H and O–H groups in total. The Kier molecular flexibility index (Phi) is 3.10. The lowest BCUT2D eigenvalue weighted by atomic mass is 10.1. The zero-order chi connectivity index (χ0) is 9.14. The number of aryl methyl sites for hydroxylation is 1. The summed E-state index contributed by atoms with van der Waals surface area (Å²) >= 11 is 2.05. The first-order valence-electron chi connectivity index (χ1n) is 3.63. The molecule has 0 aliphatic heterocycles. The van der Waals surface area contributed by atoms with Crippen molar-refractivity contribution in [3.63, 3.8) is 0 Å². The molecule has 0 spiro atoms. The van der Waals surface area contributed by atoms with Crippen molar-refractivity contribution in [2.75, 3.05) is 0 Å². The van der Waals surface area contributed by atoms with Crippen LogP contribution in [0.5, 0.6) is 0 Å². The Labute approximate surface area is 85.3 Å². The zero-order valence-corrected chi connectivity index (χ0v) is 8.85. The molecule has 0 radical (unpaired) electrons. The van der Waals surface area contributed by atoms with Gasteiger partial charge in [0.05, 0.1) is 5.56 Å². The highest BCUT2D eigenvalue weighted by molar-refractivity contribution is 14.1. The molecule has 1 rings (SSSR count). The summed E-state index contributed by atoms with van der Waals surface area (Å²) in [7, 11) is 0. The summed E-state index contributed by atoms with van der Waals surface area (Å²) in [4.78, 5) is 0. The van der Waals surface area contributed by atoms with Gasteiger partial charge in [0, 0.05) is 3.57 Å². The molecule has 0 amide bonds. The smallest absolute Gasteiger partial charge is 0.140 e. The van der Waals surface area contributed by atoms with Gasteiger partial charge in [-0.05, 0) is 46.7 Å². The molecular formula is C10H8FI. The zero-order valence-electron chi connectivity index (χ0n) is 6.70. The Morgan fingerprint density at radius 1 is 1.58 bits per heavy atom. The van der Waals surface area contributed by atoms with Crippen LogP contribution in [0, 0.1) is 21.7 Å². The quantitative estimate of drug-likeness (QED) is 0.545. The number of hydrogen-bond donors (Lipinski definition) is 0. The maximum atomic E-state index is 13.2. The van der Waals surface area contributed by atoms with Crippen LogP contribution >= 0.6 is 22.6 Å². The molecule has 0 saturated heterocycles. The van der Waals surface area contributed by atoms with E-state index in [-0.39, 0.29) is 5.82 Å². The molecule has 2 heteroatoms. The number of benzene rings is 1. The Balaban J connectivity index is 3.30. The average Bonchev–Trinajstić information content (AvgIpc) is 2.03. The minimum Gasteiger partial charge on any atom is -0.206 e. The Hall–Kier alpha value is -0.560. The van der Waals surface area contributed by atoms with E-state index in [2.05, 4.69) is 28.5 Å². The van der Waals surface area contributed by atoms with Gasteiger partial charge in [-0.15, -0.1) is 6.42 Å². The van der Waals surface area contributed by atoms with Gasteiger partial charge in [-0.3, -0.25) is 0 Å². The second-order valence-corrected chi connectivity index (χ2v) is 3.59. The van der Waals surface area contributed by atoms with Crippen molar-refractivity contribution in [3.8, 4) is 12.3 Å². The van der Waals surface area contributed by atoms with Gasteiger partial charge in [0.2, 0.25) is 0 Å². The summed E-state index contributed by atoms with van der Waals surface area (Å²) in [5, 5.41) is 0. The van der Waals surface area contributed by atoms with E-state index in [1.807, 2.05) is 13.0 Å². The van der Waals surface area contributed by atoms with Crippen molar-refractivity contribution in [2.24, 2.45) is 0 Å². The molecule has 1 aromatic rings. The molecule has 0 aromatic heterocycles. The van der Waals surface area contributed by atoms with Gasteiger partial charge < -0.3 is 0 Å². The van der Waals surface area contributed by atoms with E-state index in [9.17, 15) is 4.39 Å². The summed E-state index contributed by atoms with van der Waals surface area (Å²) < 4.78 is 14.0. The molecule has 0 atom stereocenters. The largest absolute Gasteiger partial charge is 0.206 e. The van der Waals surface area contributed by atoms with E-state index >= 15 is 0 Å². The number of rotatable bonds is 1. The molecule has 0 bridgehead atoms. The molecule has 0 unspecified atom stereocenters. The van der Waals surface area contributed by atoms with Crippen molar-refractivity contribution in [3.05, 3.63) is 32.6 Å². The van der Waals surface area contributed by atoms with Gasteiger partial charge in [-0.1, -0.05) is 12.8 Å². The first-order chi connectivity index (χ1) is 5.69. The SMILES string of the molecule is C#Cc1c(F)cc(CC)cc1I. The summed E-state index contributed by atoms with van der Waals surface area (Å²) in [6, 6.07) is 3.41. The fourth-order valence-corrected chi connectivity index (χ4v) is 1.78. The van der Waals surface area contributed by atoms with Gasteiger partial charge in [0.15, 0.2) is 0 Å². The fraction of sp³-hybridized carbons (Fsp3) is 0.200. The van der Waals surface area contributed by atoms with Gasteiger partial charge in [-0.2, -0.15) is 0 Å². The molecule has 0 aliphatic rings. The number of terminal acetylenes is 1. The van der Waals surface area contributed by atoms with Crippen LogP contribution in [0.15, 0.2) is 12.1 Å². The third-order valence-corrected chi connectivity index (χ3v) is 2.51. The molecule has 0 saturated carbocycles. The maximum Gasteiger partial charge on any atom is 0.140 e. The molecule has 12 heavy (non-hydrogen) atoms. The highest BCUT2D eigenvalue weighted by Crippen LogP contribution is 2.17. The predicted molar refractivity (Wildman–Crippen MR) is 56.4 cm³/mol. The van der Waals surface area contributed by atoms with Crippen molar-refractivity contribution >= 4 is 22.6 Å². The normalized spacial score (nSPS) is 9.50.